The maximum atomic E-state index is 11.8. The number of ether oxygens (including phenoxy) is 1. The number of alkyl carbamates (subject to hydrolysis) is 1. The lowest BCUT2D eigenvalue weighted by Crippen LogP contribution is -2.39. The van der Waals surface area contributed by atoms with E-state index in [-0.39, 0.29) is 30.8 Å². The third kappa shape index (κ3) is 10.1. The zero-order valence-electron chi connectivity index (χ0n) is 14.9. The van der Waals surface area contributed by atoms with Gasteiger partial charge in [-0.1, -0.05) is 51.1 Å². The number of hydrogen-bond acceptors (Lipinski definition) is 6. The SMILES string of the molecule is CC(C)(C)COS(=O)(=O)CC[C@@H](CO)NC(=O)OCc1ccccc1. The fraction of sp³-hybridized carbons (Fsp3) is 0.588. The summed E-state index contributed by atoms with van der Waals surface area (Å²) in [6.45, 7) is 5.37. The average molecular weight is 373 g/mol. The maximum Gasteiger partial charge on any atom is 0.407 e. The highest BCUT2D eigenvalue weighted by Gasteiger charge is 2.21. The van der Waals surface area contributed by atoms with Crippen molar-refractivity contribution in [3.63, 3.8) is 0 Å². The summed E-state index contributed by atoms with van der Waals surface area (Å²) >= 11 is 0. The van der Waals surface area contributed by atoms with Gasteiger partial charge in [0.15, 0.2) is 0 Å². The van der Waals surface area contributed by atoms with Gasteiger partial charge in [-0.3, -0.25) is 4.18 Å². The minimum absolute atomic E-state index is 0.0312. The van der Waals surface area contributed by atoms with Gasteiger partial charge in [-0.25, -0.2) is 4.79 Å². The van der Waals surface area contributed by atoms with Crippen molar-refractivity contribution in [1.82, 2.24) is 5.32 Å². The summed E-state index contributed by atoms with van der Waals surface area (Å²) in [5.74, 6) is -0.298. The molecule has 1 aromatic carbocycles. The van der Waals surface area contributed by atoms with Crippen LogP contribution in [0.1, 0.15) is 32.8 Å². The van der Waals surface area contributed by atoms with E-state index in [4.69, 9.17) is 8.92 Å². The smallest absolute Gasteiger partial charge is 0.407 e. The summed E-state index contributed by atoms with van der Waals surface area (Å²) in [4.78, 5) is 11.7. The molecule has 0 fully saturated rings. The fourth-order valence-corrected chi connectivity index (χ4v) is 2.98. The lowest BCUT2D eigenvalue weighted by Gasteiger charge is -2.19. The Bertz CT molecular complexity index is 624. The van der Waals surface area contributed by atoms with Crippen LogP contribution in [-0.4, -0.2) is 44.6 Å². The number of benzene rings is 1. The molecule has 0 unspecified atom stereocenters. The fourth-order valence-electron chi connectivity index (χ4n) is 1.75. The number of hydrogen-bond donors (Lipinski definition) is 2. The highest BCUT2D eigenvalue weighted by molar-refractivity contribution is 7.86. The first kappa shape index (κ1) is 21.4. The van der Waals surface area contributed by atoms with E-state index >= 15 is 0 Å². The number of aliphatic hydroxyl groups excluding tert-OH is 1. The van der Waals surface area contributed by atoms with E-state index in [1.54, 1.807) is 0 Å². The second kappa shape index (κ2) is 9.74. The third-order valence-electron chi connectivity index (χ3n) is 3.14. The Labute approximate surface area is 149 Å². The number of carbonyl (C=O) groups excluding carboxylic acids is 1. The molecule has 0 aromatic heterocycles. The van der Waals surface area contributed by atoms with Crippen molar-refractivity contribution in [3.8, 4) is 0 Å². The lowest BCUT2D eigenvalue weighted by atomic mass is 9.99. The second-order valence-corrected chi connectivity index (χ2v) is 8.72. The first-order valence-corrected chi connectivity index (χ1v) is 9.64. The molecule has 0 bridgehead atoms. The van der Waals surface area contributed by atoms with E-state index in [1.807, 2.05) is 51.1 Å². The molecule has 0 saturated carbocycles. The topological polar surface area (TPSA) is 102 Å². The van der Waals surface area contributed by atoms with E-state index < -0.39 is 28.9 Å². The molecule has 0 saturated heterocycles. The number of carbonyl (C=O) groups is 1. The monoisotopic (exact) mass is 373 g/mol. The number of nitrogens with one attached hydrogen (secondary N) is 1. The second-order valence-electron chi connectivity index (χ2n) is 6.96. The van der Waals surface area contributed by atoms with E-state index in [0.29, 0.717) is 0 Å². The molecule has 0 spiro atoms. The minimum atomic E-state index is -3.71. The van der Waals surface area contributed by atoms with Crippen molar-refractivity contribution < 1.29 is 27.2 Å². The number of amides is 1. The molecule has 25 heavy (non-hydrogen) atoms. The quantitative estimate of drug-likeness (QED) is 0.643. The summed E-state index contributed by atoms with van der Waals surface area (Å²) in [6.07, 6.45) is -0.681. The summed E-state index contributed by atoms with van der Waals surface area (Å²) in [7, 11) is -3.71. The van der Waals surface area contributed by atoms with Gasteiger partial charge in [-0.15, -0.1) is 0 Å². The van der Waals surface area contributed by atoms with Gasteiger partial charge in [0.05, 0.1) is 25.0 Å². The van der Waals surface area contributed by atoms with Gasteiger partial charge in [-0.2, -0.15) is 8.42 Å². The molecule has 0 aliphatic carbocycles. The molecule has 0 aliphatic heterocycles. The van der Waals surface area contributed by atoms with Gasteiger partial charge in [0.25, 0.3) is 10.1 Å². The zero-order chi connectivity index (χ0) is 18.9. The van der Waals surface area contributed by atoms with Crippen LogP contribution in [0.25, 0.3) is 0 Å². The molecule has 0 aliphatic rings. The van der Waals surface area contributed by atoms with E-state index in [1.165, 1.54) is 0 Å². The Morgan fingerprint density at radius 1 is 1.24 bits per heavy atom. The van der Waals surface area contributed by atoms with Gasteiger partial charge in [0.1, 0.15) is 6.61 Å². The molecular weight excluding hydrogens is 346 g/mol. The Kier molecular flexibility index (Phi) is 8.34. The van der Waals surface area contributed by atoms with Crippen LogP contribution in [0.4, 0.5) is 4.79 Å². The minimum Gasteiger partial charge on any atom is -0.445 e. The van der Waals surface area contributed by atoms with Crippen molar-refractivity contribution >= 4 is 16.2 Å². The Balaban J connectivity index is 2.39. The Morgan fingerprint density at radius 2 is 1.88 bits per heavy atom. The highest BCUT2D eigenvalue weighted by Crippen LogP contribution is 2.15. The summed E-state index contributed by atoms with van der Waals surface area (Å²) in [5, 5.41) is 11.8. The molecule has 7 nitrogen and oxygen atoms in total. The van der Waals surface area contributed by atoms with Crippen LogP contribution in [0.5, 0.6) is 0 Å². The van der Waals surface area contributed by atoms with E-state index in [9.17, 15) is 18.3 Å². The number of aliphatic hydroxyl groups is 1. The van der Waals surface area contributed by atoms with E-state index in [0.717, 1.165) is 5.56 Å². The van der Waals surface area contributed by atoms with Crippen molar-refractivity contribution in [3.05, 3.63) is 35.9 Å². The lowest BCUT2D eigenvalue weighted by molar-refractivity contribution is 0.128. The summed E-state index contributed by atoms with van der Waals surface area (Å²) < 4.78 is 33.7. The van der Waals surface area contributed by atoms with Crippen LogP contribution >= 0.6 is 0 Å². The molecule has 1 rings (SSSR count). The van der Waals surface area contributed by atoms with Gasteiger partial charge in [-0.05, 0) is 17.4 Å². The van der Waals surface area contributed by atoms with Crippen molar-refractivity contribution in [2.75, 3.05) is 19.0 Å². The normalized spacial score (nSPS) is 13.3. The number of rotatable bonds is 9. The van der Waals surface area contributed by atoms with Gasteiger partial charge in [0, 0.05) is 0 Å². The first-order valence-electron chi connectivity index (χ1n) is 8.06. The average Bonchev–Trinajstić information content (AvgIpc) is 2.55. The van der Waals surface area contributed by atoms with E-state index in [2.05, 4.69) is 5.32 Å². The van der Waals surface area contributed by atoms with Gasteiger partial charge >= 0.3 is 6.09 Å². The first-order chi connectivity index (χ1) is 11.6. The van der Waals surface area contributed by atoms with Crippen LogP contribution < -0.4 is 5.32 Å². The summed E-state index contributed by atoms with van der Waals surface area (Å²) in [5.41, 5.74) is 0.555. The molecule has 0 heterocycles. The molecule has 0 radical (unpaired) electrons. The Morgan fingerprint density at radius 3 is 2.44 bits per heavy atom. The molecule has 1 aromatic rings. The van der Waals surface area contributed by atoms with Crippen LogP contribution in [0.15, 0.2) is 30.3 Å². The Hall–Kier alpha value is -1.64. The van der Waals surface area contributed by atoms with Crippen LogP contribution in [0.3, 0.4) is 0 Å². The predicted molar refractivity (Wildman–Crippen MR) is 94.4 cm³/mol. The van der Waals surface area contributed by atoms with Crippen LogP contribution in [-0.2, 0) is 25.6 Å². The maximum absolute atomic E-state index is 11.8. The molecule has 8 heteroatoms. The highest BCUT2D eigenvalue weighted by atomic mass is 32.2. The third-order valence-corrected chi connectivity index (χ3v) is 4.36. The molecule has 2 N–H and O–H groups in total. The van der Waals surface area contributed by atoms with Gasteiger partial charge < -0.3 is 15.2 Å². The largest absolute Gasteiger partial charge is 0.445 e. The summed E-state index contributed by atoms with van der Waals surface area (Å²) in [6, 6.07) is 8.42. The van der Waals surface area contributed by atoms with Crippen LogP contribution in [0.2, 0.25) is 0 Å². The molecule has 142 valence electrons. The zero-order valence-corrected chi connectivity index (χ0v) is 15.7. The predicted octanol–water partition coefficient (Wildman–Crippen LogP) is 2.06. The van der Waals surface area contributed by atoms with Crippen LogP contribution in [0, 0.1) is 5.41 Å². The van der Waals surface area contributed by atoms with Crippen molar-refractivity contribution in [2.24, 2.45) is 5.41 Å². The molecule has 1 atom stereocenters. The standard InChI is InChI=1S/C17H27NO6S/c1-17(2,3)13-24-25(21,22)10-9-15(11-19)18-16(20)23-12-14-7-5-4-6-8-14/h4-8,15,19H,9-13H2,1-3H3,(H,18,20)/t15-/m0/s1. The van der Waals surface area contributed by atoms with Crippen molar-refractivity contribution in [1.29, 1.82) is 0 Å². The molecular formula is C17H27NO6S. The molecule has 1 amide bonds. The van der Waals surface area contributed by atoms with Gasteiger partial charge in [0.2, 0.25) is 0 Å². The van der Waals surface area contributed by atoms with Crippen molar-refractivity contribution in [2.45, 2.75) is 39.8 Å².